The van der Waals surface area contributed by atoms with Gasteiger partial charge in [-0.15, -0.1) is 0 Å². The summed E-state index contributed by atoms with van der Waals surface area (Å²) in [6.45, 7) is 10.2. The van der Waals surface area contributed by atoms with Crippen LogP contribution in [0, 0.1) is 6.92 Å². The van der Waals surface area contributed by atoms with Crippen LogP contribution in [-0.4, -0.2) is 55.4 Å². The van der Waals surface area contributed by atoms with Crippen LogP contribution in [0.5, 0.6) is 0 Å². The van der Waals surface area contributed by atoms with Gasteiger partial charge >= 0.3 is 6.03 Å². The number of hydrogen-bond acceptors (Lipinski definition) is 4. The Hall–Kier alpha value is -2.42. The molecule has 2 aromatic carbocycles. The van der Waals surface area contributed by atoms with Gasteiger partial charge in [0.15, 0.2) is 0 Å². The fourth-order valence-electron chi connectivity index (χ4n) is 3.41. The molecule has 0 aliphatic carbocycles. The molecule has 174 valence electrons. The van der Waals surface area contributed by atoms with Gasteiger partial charge in [0.2, 0.25) is 10.0 Å². The second-order valence-corrected chi connectivity index (χ2v) is 11.0. The Balaban J connectivity index is 1.50. The van der Waals surface area contributed by atoms with Gasteiger partial charge in [0.25, 0.3) is 0 Å². The second kappa shape index (κ2) is 10.0. The third kappa shape index (κ3) is 6.54. The van der Waals surface area contributed by atoms with E-state index in [0.29, 0.717) is 26.2 Å². The van der Waals surface area contributed by atoms with Crippen molar-refractivity contribution in [1.82, 2.24) is 14.5 Å². The molecule has 1 aliphatic heterocycles. The van der Waals surface area contributed by atoms with Crippen LogP contribution >= 0.6 is 0 Å². The molecule has 32 heavy (non-hydrogen) atoms. The molecular formula is C24H33N3O4S. The summed E-state index contributed by atoms with van der Waals surface area (Å²) in [4.78, 5) is 14.5. The topological polar surface area (TPSA) is 79.0 Å². The molecule has 3 rings (SSSR count). The van der Waals surface area contributed by atoms with E-state index in [1.807, 2.05) is 52.0 Å². The summed E-state index contributed by atoms with van der Waals surface area (Å²) in [5, 5.41) is 2.94. The number of amides is 2. The quantitative estimate of drug-likeness (QED) is 0.717. The molecule has 1 saturated heterocycles. The van der Waals surface area contributed by atoms with E-state index in [9.17, 15) is 13.2 Å². The monoisotopic (exact) mass is 459 g/mol. The van der Waals surface area contributed by atoms with Gasteiger partial charge in [0, 0.05) is 32.7 Å². The van der Waals surface area contributed by atoms with E-state index in [-0.39, 0.29) is 29.6 Å². The average Bonchev–Trinajstić information content (AvgIpc) is 2.76. The van der Waals surface area contributed by atoms with Gasteiger partial charge in [0.1, 0.15) is 0 Å². The molecule has 2 amide bonds. The van der Waals surface area contributed by atoms with Crippen LogP contribution in [0.1, 0.15) is 37.5 Å². The van der Waals surface area contributed by atoms with Crippen molar-refractivity contribution in [2.75, 3.05) is 26.2 Å². The molecule has 0 atom stereocenters. The average molecular weight is 460 g/mol. The molecule has 1 fully saturated rings. The Morgan fingerprint density at radius 3 is 2.25 bits per heavy atom. The number of benzene rings is 2. The van der Waals surface area contributed by atoms with Crippen molar-refractivity contribution in [3.63, 3.8) is 0 Å². The Kier molecular flexibility index (Phi) is 7.59. The fourth-order valence-corrected chi connectivity index (χ4v) is 4.83. The lowest BCUT2D eigenvalue weighted by atomic mass is 10.1. The number of hydrogen-bond donors (Lipinski definition) is 1. The zero-order valence-electron chi connectivity index (χ0n) is 19.3. The lowest BCUT2D eigenvalue weighted by Crippen LogP contribution is -2.52. The normalized spacial score (nSPS) is 15.6. The van der Waals surface area contributed by atoms with Crippen LogP contribution in [0.2, 0.25) is 0 Å². The maximum Gasteiger partial charge on any atom is 0.317 e. The number of rotatable bonds is 6. The SMILES string of the molecule is Cc1ccc(S(=O)(=O)N2CCN(C(=O)NCc3cccc(COC(C)(C)C)c3)CC2)cc1. The first-order valence-electron chi connectivity index (χ1n) is 10.9. The molecule has 8 heteroatoms. The Labute approximate surface area is 191 Å². The van der Waals surface area contributed by atoms with Gasteiger partial charge in [-0.25, -0.2) is 13.2 Å². The molecule has 0 unspecified atom stereocenters. The lowest BCUT2D eigenvalue weighted by molar-refractivity contribution is -0.0149. The van der Waals surface area contributed by atoms with Crippen molar-refractivity contribution in [1.29, 1.82) is 0 Å². The minimum atomic E-state index is -3.54. The molecule has 0 radical (unpaired) electrons. The highest BCUT2D eigenvalue weighted by Crippen LogP contribution is 2.18. The molecule has 0 bridgehead atoms. The highest BCUT2D eigenvalue weighted by atomic mass is 32.2. The predicted octanol–water partition coefficient (Wildman–Crippen LogP) is 3.53. The summed E-state index contributed by atoms with van der Waals surface area (Å²) in [5.74, 6) is 0. The number of piperazine rings is 1. The van der Waals surface area contributed by atoms with E-state index < -0.39 is 10.0 Å². The number of sulfonamides is 1. The molecule has 2 aromatic rings. The van der Waals surface area contributed by atoms with Gasteiger partial charge in [0.05, 0.1) is 17.1 Å². The van der Waals surface area contributed by atoms with E-state index in [4.69, 9.17) is 4.74 Å². The third-order valence-corrected chi connectivity index (χ3v) is 7.20. The Morgan fingerprint density at radius 2 is 1.62 bits per heavy atom. The fraction of sp³-hybridized carbons (Fsp3) is 0.458. The van der Waals surface area contributed by atoms with Crippen LogP contribution in [0.25, 0.3) is 0 Å². The number of ether oxygens (including phenoxy) is 1. The third-order valence-electron chi connectivity index (χ3n) is 5.29. The molecule has 0 saturated carbocycles. The van der Waals surface area contributed by atoms with Gasteiger partial charge in [-0.2, -0.15) is 4.31 Å². The zero-order chi connectivity index (χ0) is 23.4. The van der Waals surface area contributed by atoms with Crippen molar-refractivity contribution >= 4 is 16.1 Å². The van der Waals surface area contributed by atoms with Crippen molar-refractivity contribution in [2.24, 2.45) is 0 Å². The summed E-state index contributed by atoms with van der Waals surface area (Å²) in [6.07, 6.45) is 0. The molecular weight excluding hydrogens is 426 g/mol. The number of aryl methyl sites for hydroxylation is 1. The first-order chi connectivity index (χ1) is 15.0. The number of carbonyl (C=O) groups excluding carboxylic acids is 1. The largest absolute Gasteiger partial charge is 0.371 e. The maximum absolute atomic E-state index is 12.8. The summed E-state index contributed by atoms with van der Waals surface area (Å²) in [7, 11) is -3.54. The van der Waals surface area contributed by atoms with Crippen LogP contribution in [0.15, 0.2) is 53.4 Å². The van der Waals surface area contributed by atoms with Gasteiger partial charge in [-0.3, -0.25) is 0 Å². The standard InChI is InChI=1S/C24H33N3O4S/c1-19-8-10-22(11-9-19)32(29,30)27-14-12-26(13-15-27)23(28)25-17-20-6-5-7-21(16-20)18-31-24(2,3)4/h5-11,16H,12-15,17-18H2,1-4H3,(H,25,28). The molecule has 0 spiro atoms. The number of nitrogens with one attached hydrogen (secondary N) is 1. The van der Waals surface area contributed by atoms with E-state index in [0.717, 1.165) is 16.7 Å². The van der Waals surface area contributed by atoms with E-state index in [1.54, 1.807) is 29.2 Å². The van der Waals surface area contributed by atoms with Crippen molar-refractivity contribution < 1.29 is 17.9 Å². The first kappa shape index (κ1) is 24.2. The number of carbonyl (C=O) groups is 1. The van der Waals surface area contributed by atoms with Crippen LogP contribution < -0.4 is 5.32 Å². The minimum absolute atomic E-state index is 0.186. The molecule has 1 N–H and O–H groups in total. The van der Waals surface area contributed by atoms with Crippen molar-refractivity contribution in [2.45, 2.75) is 51.3 Å². The van der Waals surface area contributed by atoms with Crippen LogP contribution in [0.4, 0.5) is 4.79 Å². The molecule has 1 aliphatic rings. The Bertz CT molecular complexity index is 1020. The summed E-state index contributed by atoms with van der Waals surface area (Å²) >= 11 is 0. The molecule has 7 nitrogen and oxygen atoms in total. The predicted molar refractivity (Wildman–Crippen MR) is 125 cm³/mol. The van der Waals surface area contributed by atoms with Gasteiger partial charge < -0.3 is 15.0 Å². The molecule has 1 heterocycles. The summed E-state index contributed by atoms with van der Waals surface area (Å²) in [6, 6.07) is 14.6. The first-order valence-corrected chi connectivity index (χ1v) is 12.3. The second-order valence-electron chi connectivity index (χ2n) is 9.08. The molecule has 0 aromatic heterocycles. The van der Waals surface area contributed by atoms with Crippen molar-refractivity contribution in [3.8, 4) is 0 Å². The van der Waals surface area contributed by atoms with Gasteiger partial charge in [-0.05, 0) is 51.0 Å². The number of urea groups is 1. The smallest absolute Gasteiger partial charge is 0.317 e. The maximum atomic E-state index is 12.8. The number of nitrogens with zero attached hydrogens (tertiary/aromatic N) is 2. The Morgan fingerprint density at radius 1 is 1.00 bits per heavy atom. The summed E-state index contributed by atoms with van der Waals surface area (Å²) < 4.78 is 32.9. The van der Waals surface area contributed by atoms with E-state index in [1.165, 1.54) is 4.31 Å². The van der Waals surface area contributed by atoms with Gasteiger partial charge in [-0.1, -0.05) is 42.0 Å². The zero-order valence-corrected chi connectivity index (χ0v) is 20.1. The summed E-state index contributed by atoms with van der Waals surface area (Å²) in [5.41, 5.74) is 2.85. The van der Waals surface area contributed by atoms with Crippen LogP contribution in [-0.2, 0) is 27.9 Å². The van der Waals surface area contributed by atoms with Crippen molar-refractivity contribution in [3.05, 3.63) is 65.2 Å². The lowest BCUT2D eigenvalue weighted by Gasteiger charge is -2.34. The van der Waals surface area contributed by atoms with E-state index in [2.05, 4.69) is 5.32 Å². The van der Waals surface area contributed by atoms with E-state index >= 15 is 0 Å². The van der Waals surface area contributed by atoms with Crippen LogP contribution in [0.3, 0.4) is 0 Å². The minimum Gasteiger partial charge on any atom is -0.371 e. The highest BCUT2D eigenvalue weighted by Gasteiger charge is 2.30. The highest BCUT2D eigenvalue weighted by molar-refractivity contribution is 7.89.